The number of unbranched alkanes of at least 4 members (excludes halogenated alkanes) is 1. The zero-order chi connectivity index (χ0) is 9.61. The van der Waals surface area contributed by atoms with Gasteiger partial charge in [0.1, 0.15) is 0 Å². The van der Waals surface area contributed by atoms with Gasteiger partial charge in [0, 0.05) is 6.61 Å². The lowest BCUT2D eigenvalue weighted by Gasteiger charge is -2.17. The molecule has 12 heavy (non-hydrogen) atoms. The molecule has 0 unspecified atom stereocenters. The topological polar surface area (TPSA) is 9.23 Å². The monoisotopic (exact) mass is 206 g/mol. The summed E-state index contributed by atoms with van der Waals surface area (Å²) in [4.78, 5) is 0. The minimum Gasteiger partial charge on any atom is -0.418 e. The van der Waals surface area contributed by atoms with E-state index >= 15 is 0 Å². The Morgan fingerprint density at radius 1 is 1.08 bits per heavy atom. The highest BCUT2D eigenvalue weighted by Crippen LogP contribution is 2.25. The molecule has 0 aliphatic rings. The minimum atomic E-state index is -1.23. The van der Waals surface area contributed by atoms with Crippen LogP contribution in [-0.2, 0) is 4.43 Å². The number of hydrogen-bond donors (Lipinski definition) is 0. The van der Waals surface area contributed by atoms with Crippen LogP contribution < -0.4 is 0 Å². The molecular weight excluding hydrogens is 183 g/mol. The first-order chi connectivity index (χ1) is 5.42. The van der Waals surface area contributed by atoms with Gasteiger partial charge in [0.25, 0.3) is 0 Å². The van der Waals surface area contributed by atoms with Gasteiger partial charge in [0.15, 0.2) is 8.32 Å². The predicted octanol–water partition coefficient (Wildman–Crippen LogP) is 3.36. The summed E-state index contributed by atoms with van der Waals surface area (Å²) in [5.41, 5.74) is 0. The molecule has 1 nitrogen and oxygen atoms in total. The van der Waals surface area contributed by atoms with Crippen molar-refractivity contribution >= 4 is 16.2 Å². The van der Waals surface area contributed by atoms with Crippen molar-refractivity contribution in [1.82, 2.24) is 0 Å². The molecule has 3 heteroatoms. The van der Waals surface area contributed by atoms with E-state index < -0.39 is 8.32 Å². The van der Waals surface area contributed by atoms with Crippen LogP contribution in [0.25, 0.3) is 0 Å². The fourth-order valence-electron chi connectivity index (χ4n) is 0.908. The second kappa shape index (κ2) is 6.12. The lowest BCUT2D eigenvalue weighted by Crippen LogP contribution is -2.25. The van der Waals surface area contributed by atoms with E-state index in [1.165, 1.54) is 19.0 Å². The van der Waals surface area contributed by atoms with Gasteiger partial charge in [-0.05, 0) is 52.0 Å². The normalized spacial score (nSPS) is 12.5. The predicted molar refractivity (Wildman–Crippen MR) is 62.2 cm³/mol. The summed E-state index contributed by atoms with van der Waals surface area (Å²) in [6, 6.07) is 0. The lowest BCUT2D eigenvalue weighted by atomic mass is 10.4. The Kier molecular flexibility index (Phi) is 6.43. The Labute approximate surface area is 79.8 Å². The van der Waals surface area contributed by atoms with Crippen LogP contribution in [0.3, 0.4) is 0 Å². The molecule has 0 amide bonds. The molecule has 0 heterocycles. The van der Waals surface area contributed by atoms with E-state index in [1.54, 1.807) is 0 Å². The highest BCUT2D eigenvalue weighted by Gasteiger charge is 2.12. The zero-order valence-corrected chi connectivity index (χ0v) is 11.1. The molecule has 0 rings (SSSR count). The van der Waals surface area contributed by atoms with E-state index in [-0.39, 0.29) is 0 Å². The van der Waals surface area contributed by atoms with E-state index in [2.05, 4.69) is 33.0 Å². The molecule has 0 aliphatic carbocycles. The SMILES string of the molecule is CP(C)CCCCO[Si](C)(C)C. The Bertz CT molecular complexity index is 110. The van der Waals surface area contributed by atoms with Crippen LogP contribution in [0.1, 0.15) is 12.8 Å². The van der Waals surface area contributed by atoms with E-state index in [1.807, 2.05) is 0 Å². The van der Waals surface area contributed by atoms with Gasteiger partial charge in [-0.1, -0.05) is 0 Å². The van der Waals surface area contributed by atoms with E-state index in [0.29, 0.717) is 7.92 Å². The maximum atomic E-state index is 5.76. The van der Waals surface area contributed by atoms with Crippen LogP contribution in [0.2, 0.25) is 19.6 Å². The lowest BCUT2D eigenvalue weighted by molar-refractivity contribution is 0.303. The fourth-order valence-corrected chi connectivity index (χ4v) is 2.52. The zero-order valence-electron chi connectivity index (χ0n) is 9.18. The fraction of sp³-hybridized carbons (Fsp3) is 1.00. The summed E-state index contributed by atoms with van der Waals surface area (Å²) in [6.07, 6.45) is 4.01. The second-order valence-corrected chi connectivity index (χ2v) is 11.6. The molecule has 0 bridgehead atoms. The molecule has 0 aromatic rings. The molecule has 0 fully saturated rings. The van der Waals surface area contributed by atoms with Gasteiger partial charge in [-0.25, -0.2) is 0 Å². The summed E-state index contributed by atoms with van der Waals surface area (Å²) in [7, 11) is -0.919. The first kappa shape index (κ1) is 12.6. The van der Waals surface area contributed by atoms with Crippen LogP contribution in [0.4, 0.5) is 0 Å². The van der Waals surface area contributed by atoms with Crippen LogP contribution in [-0.4, -0.2) is 34.4 Å². The van der Waals surface area contributed by atoms with Crippen LogP contribution in [0, 0.1) is 0 Å². The summed E-state index contributed by atoms with van der Waals surface area (Å²) in [6.45, 7) is 12.4. The Morgan fingerprint density at radius 2 is 1.67 bits per heavy atom. The Balaban J connectivity index is 3.12. The van der Waals surface area contributed by atoms with Crippen LogP contribution in [0.15, 0.2) is 0 Å². The van der Waals surface area contributed by atoms with Gasteiger partial charge in [0.2, 0.25) is 0 Å². The molecule has 0 saturated carbocycles. The second-order valence-electron chi connectivity index (χ2n) is 4.47. The van der Waals surface area contributed by atoms with E-state index in [9.17, 15) is 0 Å². The van der Waals surface area contributed by atoms with E-state index in [0.717, 1.165) is 6.61 Å². The molecule has 0 spiro atoms. The first-order valence-corrected chi connectivity index (χ1v) is 10.5. The quantitative estimate of drug-likeness (QED) is 0.368. The highest BCUT2D eigenvalue weighted by atomic mass is 31.1. The summed E-state index contributed by atoms with van der Waals surface area (Å²) in [5, 5.41) is 0. The summed E-state index contributed by atoms with van der Waals surface area (Å²) < 4.78 is 5.76. The van der Waals surface area contributed by atoms with Crippen molar-refractivity contribution in [3.05, 3.63) is 0 Å². The number of rotatable bonds is 6. The molecule has 0 aromatic heterocycles. The Morgan fingerprint density at radius 3 is 2.08 bits per heavy atom. The van der Waals surface area contributed by atoms with Crippen molar-refractivity contribution in [2.45, 2.75) is 32.5 Å². The highest BCUT2D eigenvalue weighted by molar-refractivity contribution is 7.55. The molecule has 0 saturated heterocycles. The molecule has 0 aromatic carbocycles. The smallest absolute Gasteiger partial charge is 0.183 e. The largest absolute Gasteiger partial charge is 0.418 e. The summed E-state index contributed by atoms with van der Waals surface area (Å²) >= 11 is 0. The molecule has 0 atom stereocenters. The van der Waals surface area contributed by atoms with Gasteiger partial charge in [0.05, 0.1) is 0 Å². The van der Waals surface area contributed by atoms with Crippen molar-refractivity contribution < 1.29 is 4.43 Å². The average Bonchev–Trinajstić information content (AvgIpc) is 1.83. The number of hydrogen-bond acceptors (Lipinski definition) is 1. The van der Waals surface area contributed by atoms with Crippen molar-refractivity contribution in [3.63, 3.8) is 0 Å². The third kappa shape index (κ3) is 10.6. The first-order valence-electron chi connectivity index (χ1n) is 4.70. The van der Waals surface area contributed by atoms with Crippen molar-refractivity contribution in [2.24, 2.45) is 0 Å². The van der Waals surface area contributed by atoms with Gasteiger partial charge < -0.3 is 4.43 Å². The van der Waals surface area contributed by atoms with Crippen molar-refractivity contribution in [2.75, 3.05) is 26.1 Å². The molecule has 0 radical (unpaired) electrons. The minimum absolute atomic E-state index is 0.311. The van der Waals surface area contributed by atoms with Gasteiger partial charge in [-0.15, -0.1) is 7.92 Å². The van der Waals surface area contributed by atoms with Crippen molar-refractivity contribution in [1.29, 1.82) is 0 Å². The third-order valence-electron chi connectivity index (χ3n) is 1.53. The maximum Gasteiger partial charge on any atom is 0.183 e. The molecule has 74 valence electrons. The maximum absolute atomic E-state index is 5.76. The third-order valence-corrected chi connectivity index (χ3v) is 3.82. The van der Waals surface area contributed by atoms with Crippen LogP contribution >= 0.6 is 7.92 Å². The average molecular weight is 206 g/mol. The van der Waals surface area contributed by atoms with Crippen LogP contribution in [0.5, 0.6) is 0 Å². The van der Waals surface area contributed by atoms with Gasteiger partial charge >= 0.3 is 0 Å². The van der Waals surface area contributed by atoms with Gasteiger partial charge in [-0.3, -0.25) is 0 Å². The van der Waals surface area contributed by atoms with E-state index in [4.69, 9.17) is 4.43 Å². The molecule has 0 aliphatic heterocycles. The van der Waals surface area contributed by atoms with Gasteiger partial charge in [-0.2, -0.15) is 0 Å². The standard InChI is InChI=1S/C9H23OPSi/c1-11(2)9-7-6-8-10-12(3,4)5/h6-9H2,1-5H3. The Hall–Kier alpha value is 0.607. The summed E-state index contributed by atoms with van der Waals surface area (Å²) in [5.74, 6) is 0. The molecular formula is C9H23OPSi. The molecule has 0 N–H and O–H groups in total. The van der Waals surface area contributed by atoms with Crippen molar-refractivity contribution in [3.8, 4) is 0 Å².